The lowest BCUT2D eigenvalue weighted by molar-refractivity contribution is 0.0508. The molecule has 1 fully saturated rings. The Kier molecular flexibility index (Phi) is 7.69. The quantitative estimate of drug-likeness (QED) is 0.188. The Bertz CT molecular complexity index is 2160. The van der Waals surface area contributed by atoms with Gasteiger partial charge in [0.2, 0.25) is 5.43 Å². The van der Waals surface area contributed by atoms with Crippen molar-refractivity contribution in [2.24, 2.45) is 0 Å². The van der Waals surface area contributed by atoms with Gasteiger partial charge in [-0.2, -0.15) is 0 Å². The summed E-state index contributed by atoms with van der Waals surface area (Å²) in [6.45, 7) is 6.40. The SMILES string of the molecule is CC(C)(C)OC(=O)NC1CCN(c2c(F)cc3c(=O)c(C(=O)NCCc4ccc(N)cc4)cn4c3c2Oc2cc3ccccc3cc2-4)C1. The summed E-state index contributed by atoms with van der Waals surface area (Å²) in [5, 5.41) is 7.60. The zero-order valence-corrected chi connectivity index (χ0v) is 26.9. The minimum atomic E-state index is -0.663. The first-order valence-electron chi connectivity index (χ1n) is 15.9. The van der Waals surface area contributed by atoms with E-state index in [9.17, 15) is 14.4 Å². The van der Waals surface area contributed by atoms with Crippen LogP contribution in [-0.4, -0.2) is 47.8 Å². The van der Waals surface area contributed by atoms with E-state index in [2.05, 4.69) is 10.6 Å². The summed E-state index contributed by atoms with van der Waals surface area (Å²) >= 11 is 0. The summed E-state index contributed by atoms with van der Waals surface area (Å²) in [7, 11) is 0. The first kappa shape index (κ1) is 31.0. The molecule has 7 rings (SSSR count). The average Bonchev–Trinajstić information content (AvgIpc) is 3.48. The minimum absolute atomic E-state index is 0.0267. The number of anilines is 2. The number of hydrogen-bond acceptors (Lipinski definition) is 7. The zero-order chi connectivity index (χ0) is 33.7. The van der Waals surface area contributed by atoms with Crippen molar-refractivity contribution in [3.8, 4) is 17.2 Å². The van der Waals surface area contributed by atoms with Crippen molar-refractivity contribution in [1.29, 1.82) is 0 Å². The molecular weight excluding hydrogens is 613 g/mol. The van der Waals surface area contributed by atoms with E-state index < -0.39 is 28.8 Å². The van der Waals surface area contributed by atoms with Crippen molar-refractivity contribution in [2.75, 3.05) is 30.3 Å². The topological polar surface area (TPSA) is 128 Å². The van der Waals surface area contributed by atoms with Crippen LogP contribution < -0.4 is 31.4 Å². The molecule has 0 radical (unpaired) electrons. The van der Waals surface area contributed by atoms with Crippen molar-refractivity contribution >= 4 is 45.1 Å². The smallest absolute Gasteiger partial charge is 0.407 e. The van der Waals surface area contributed by atoms with Crippen LogP contribution in [0.4, 0.5) is 20.6 Å². The fraction of sp³-hybridized carbons (Fsp3) is 0.270. The second-order valence-corrected chi connectivity index (χ2v) is 13.3. The van der Waals surface area contributed by atoms with Gasteiger partial charge >= 0.3 is 6.09 Å². The van der Waals surface area contributed by atoms with Gasteiger partial charge in [0.1, 0.15) is 22.4 Å². The molecular formula is C37H36FN5O5. The van der Waals surface area contributed by atoms with E-state index in [0.29, 0.717) is 48.6 Å². The molecule has 1 atom stereocenters. The lowest BCUT2D eigenvalue weighted by Crippen LogP contribution is -2.40. The van der Waals surface area contributed by atoms with E-state index in [1.165, 1.54) is 12.3 Å². The number of carbonyl (C=O) groups excluding carboxylic acids is 2. The van der Waals surface area contributed by atoms with E-state index in [1.807, 2.05) is 53.4 Å². The number of fused-ring (bicyclic) bond motifs is 3. The molecule has 0 bridgehead atoms. The number of nitrogens with two attached hydrogens (primary N) is 1. The zero-order valence-electron chi connectivity index (χ0n) is 26.9. The van der Waals surface area contributed by atoms with E-state index >= 15 is 4.39 Å². The number of rotatable bonds is 6. The first-order valence-corrected chi connectivity index (χ1v) is 15.9. The number of ether oxygens (including phenoxy) is 2. The standard InChI is InChI=1S/C37H36FN5O5/c1-37(2,3)48-36(46)41-25-13-15-42(19-25)32-28(38)18-26-31-34(32)47-30-17-23-7-5-4-6-22(23)16-29(30)43(31)20-27(33(26)44)35(45)40-14-12-21-8-10-24(39)11-9-21/h4-11,16-18,20,25H,12-15,19,39H2,1-3H3,(H,40,45)(H,41,46). The largest absolute Gasteiger partial charge is 0.451 e. The highest BCUT2D eigenvalue weighted by Gasteiger charge is 2.34. The summed E-state index contributed by atoms with van der Waals surface area (Å²) < 4.78 is 29.9. The molecule has 2 aliphatic heterocycles. The molecule has 246 valence electrons. The Balaban J connectivity index is 1.28. The number of benzene rings is 4. The van der Waals surface area contributed by atoms with Crippen molar-refractivity contribution < 1.29 is 23.5 Å². The molecule has 48 heavy (non-hydrogen) atoms. The summed E-state index contributed by atoms with van der Waals surface area (Å²) in [6.07, 6.45) is 2.07. The van der Waals surface area contributed by atoms with Crippen LogP contribution >= 0.6 is 0 Å². The third-order valence-corrected chi connectivity index (χ3v) is 8.62. The molecule has 2 amide bonds. The monoisotopic (exact) mass is 649 g/mol. The number of nitrogens with one attached hydrogen (secondary N) is 2. The maximum atomic E-state index is 16.3. The van der Waals surface area contributed by atoms with Gasteiger partial charge in [0.25, 0.3) is 5.91 Å². The van der Waals surface area contributed by atoms with Crippen molar-refractivity contribution in [1.82, 2.24) is 15.2 Å². The van der Waals surface area contributed by atoms with Crippen LogP contribution in [0.15, 0.2) is 77.7 Å². The number of nitrogen functional groups attached to an aromatic ring is 1. The van der Waals surface area contributed by atoms with Gasteiger partial charge in [0.05, 0.1) is 17.1 Å². The van der Waals surface area contributed by atoms with Crippen LogP contribution in [0.1, 0.15) is 43.1 Å². The molecule has 4 N–H and O–H groups in total. The predicted octanol–water partition coefficient (Wildman–Crippen LogP) is 6.05. The highest BCUT2D eigenvalue weighted by Crippen LogP contribution is 2.48. The summed E-state index contributed by atoms with van der Waals surface area (Å²) in [5.41, 5.74) is 7.21. The van der Waals surface area contributed by atoms with Crippen molar-refractivity contribution in [2.45, 2.75) is 45.3 Å². The number of halogens is 1. The van der Waals surface area contributed by atoms with Crippen LogP contribution in [0.3, 0.4) is 0 Å². The molecule has 1 saturated heterocycles. The molecule has 0 spiro atoms. The molecule has 1 aromatic heterocycles. The van der Waals surface area contributed by atoms with Gasteiger partial charge in [0, 0.05) is 31.5 Å². The number of carbonyl (C=O) groups is 2. The molecule has 4 aromatic carbocycles. The van der Waals surface area contributed by atoms with Crippen LogP contribution in [-0.2, 0) is 11.2 Å². The maximum absolute atomic E-state index is 16.3. The van der Waals surface area contributed by atoms with Gasteiger partial charge in [-0.25, -0.2) is 9.18 Å². The predicted molar refractivity (Wildman–Crippen MR) is 184 cm³/mol. The first-order chi connectivity index (χ1) is 22.9. The minimum Gasteiger partial charge on any atom is -0.451 e. The van der Waals surface area contributed by atoms with Crippen LogP contribution in [0.5, 0.6) is 11.5 Å². The molecule has 2 aliphatic rings. The van der Waals surface area contributed by atoms with Gasteiger partial charge in [-0.1, -0.05) is 36.4 Å². The van der Waals surface area contributed by atoms with Gasteiger partial charge in [-0.15, -0.1) is 0 Å². The Hall–Kier alpha value is -5.58. The second-order valence-electron chi connectivity index (χ2n) is 13.3. The van der Waals surface area contributed by atoms with E-state index in [0.717, 1.165) is 16.3 Å². The highest BCUT2D eigenvalue weighted by atomic mass is 19.1. The Morgan fingerprint density at radius 3 is 2.52 bits per heavy atom. The lowest BCUT2D eigenvalue weighted by Gasteiger charge is -2.29. The number of aromatic nitrogens is 1. The molecule has 0 saturated carbocycles. The number of amides is 2. The number of pyridine rings is 1. The molecule has 5 aromatic rings. The van der Waals surface area contributed by atoms with Gasteiger partial charge in [0.15, 0.2) is 17.3 Å². The van der Waals surface area contributed by atoms with E-state index in [1.54, 1.807) is 37.5 Å². The van der Waals surface area contributed by atoms with Crippen molar-refractivity contribution in [3.05, 3.63) is 100 Å². The van der Waals surface area contributed by atoms with Gasteiger partial charge < -0.3 is 35.3 Å². The van der Waals surface area contributed by atoms with Crippen molar-refractivity contribution in [3.63, 3.8) is 0 Å². The fourth-order valence-corrected chi connectivity index (χ4v) is 6.40. The number of nitrogens with zero attached hydrogens (tertiary/aromatic N) is 2. The Morgan fingerprint density at radius 2 is 1.79 bits per heavy atom. The molecule has 3 heterocycles. The molecule has 1 unspecified atom stereocenters. The average molecular weight is 650 g/mol. The van der Waals surface area contributed by atoms with Crippen LogP contribution in [0.25, 0.3) is 27.4 Å². The number of hydrogen-bond donors (Lipinski definition) is 3. The van der Waals surface area contributed by atoms with E-state index in [4.69, 9.17) is 15.2 Å². The summed E-state index contributed by atoms with van der Waals surface area (Å²) in [4.78, 5) is 41.7. The Labute approximate surface area is 276 Å². The second kappa shape index (κ2) is 11.9. The van der Waals surface area contributed by atoms with Crippen LogP contribution in [0, 0.1) is 5.82 Å². The third-order valence-electron chi connectivity index (χ3n) is 8.62. The molecule has 0 aliphatic carbocycles. The molecule has 10 nitrogen and oxygen atoms in total. The van der Waals surface area contributed by atoms with Crippen LogP contribution in [0.2, 0.25) is 0 Å². The van der Waals surface area contributed by atoms with Gasteiger partial charge in [-0.3, -0.25) is 9.59 Å². The van der Waals surface area contributed by atoms with E-state index in [-0.39, 0.29) is 35.0 Å². The lowest BCUT2D eigenvalue weighted by atomic mass is 10.0. The molecule has 11 heteroatoms. The highest BCUT2D eigenvalue weighted by molar-refractivity contribution is 6.02. The fourth-order valence-electron chi connectivity index (χ4n) is 6.40. The maximum Gasteiger partial charge on any atom is 0.407 e. The Morgan fingerprint density at radius 1 is 1.06 bits per heavy atom. The summed E-state index contributed by atoms with van der Waals surface area (Å²) in [6, 6.07) is 19.8. The van der Waals surface area contributed by atoms with Gasteiger partial charge in [-0.05, 0) is 80.3 Å². The number of alkyl carbamates (subject to hydrolysis) is 1. The normalized spacial score (nSPS) is 15.2. The third kappa shape index (κ3) is 5.87. The summed E-state index contributed by atoms with van der Waals surface area (Å²) in [5.74, 6) is -0.589.